The van der Waals surface area contributed by atoms with E-state index in [-0.39, 0.29) is 6.04 Å². The molecule has 1 saturated carbocycles. The van der Waals surface area contributed by atoms with Crippen molar-refractivity contribution in [2.45, 2.75) is 38.3 Å². The van der Waals surface area contributed by atoms with Gasteiger partial charge in [0.2, 0.25) is 0 Å². The highest BCUT2D eigenvalue weighted by atomic mass is 16.5. The van der Waals surface area contributed by atoms with Crippen LogP contribution in [0.2, 0.25) is 0 Å². The summed E-state index contributed by atoms with van der Waals surface area (Å²) in [6.07, 6.45) is 3.37. The predicted molar refractivity (Wildman–Crippen MR) is 76.2 cm³/mol. The molecule has 102 valence electrons. The molecule has 1 aromatic rings. The van der Waals surface area contributed by atoms with E-state index in [0.29, 0.717) is 24.5 Å². The van der Waals surface area contributed by atoms with E-state index in [1.807, 2.05) is 18.2 Å². The number of para-hydroxylation sites is 1. The van der Waals surface area contributed by atoms with Crippen molar-refractivity contribution >= 4 is 5.96 Å². The zero-order chi connectivity index (χ0) is 13.2. The van der Waals surface area contributed by atoms with Crippen LogP contribution in [0, 0.1) is 5.92 Å². The van der Waals surface area contributed by atoms with Crippen LogP contribution in [0.25, 0.3) is 0 Å². The summed E-state index contributed by atoms with van der Waals surface area (Å²) in [4.78, 5) is 4.64. The van der Waals surface area contributed by atoms with E-state index in [1.54, 1.807) is 0 Å². The second-order valence-corrected chi connectivity index (χ2v) is 5.51. The molecule has 0 spiro atoms. The Balaban J connectivity index is 1.72. The van der Waals surface area contributed by atoms with Gasteiger partial charge in [0.15, 0.2) is 5.96 Å². The van der Waals surface area contributed by atoms with Crippen molar-refractivity contribution in [1.82, 2.24) is 5.32 Å². The molecule has 4 nitrogen and oxygen atoms in total. The van der Waals surface area contributed by atoms with Gasteiger partial charge in [0.05, 0.1) is 12.6 Å². The Morgan fingerprint density at radius 1 is 1.32 bits per heavy atom. The number of fused-ring (bicyclic) bond motifs is 1. The number of nitrogens with two attached hydrogens (primary N) is 1. The third-order valence-electron chi connectivity index (χ3n) is 4.17. The minimum Gasteiger partial charge on any atom is -0.493 e. The van der Waals surface area contributed by atoms with E-state index in [2.05, 4.69) is 23.3 Å². The van der Waals surface area contributed by atoms with Gasteiger partial charge in [0.1, 0.15) is 5.75 Å². The molecule has 0 bridgehead atoms. The molecule has 1 aliphatic heterocycles. The van der Waals surface area contributed by atoms with Gasteiger partial charge in [-0.1, -0.05) is 25.1 Å². The molecule has 3 atom stereocenters. The maximum atomic E-state index is 6.03. The van der Waals surface area contributed by atoms with Crippen molar-refractivity contribution < 1.29 is 4.74 Å². The normalized spacial score (nSPS) is 29.9. The van der Waals surface area contributed by atoms with Crippen molar-refractivity contribution in [1.29, 1.82) is 0 Å². The third kappa shape index (κ3) is 2.53. The summed E-state index contributed by atoms with van der Waals surface area (Å²) in [5.74, 6) is 2.21. The summed E-state index contributed by atoms with van der Waals surface area (Å²) in [5, 5.41) is 3.33. The Morgan fingerprint density at radius 3 is 2.89 bits per heavy atom. The lowest BCUT2D eigenvalue weighted by atomic mass is 9.81. The van der Waals surface area contributed by atoms with Crippen molar-refractivity contribution in [2.24, 2.45) is 16.6 Å². The minimum atomic E-state index is 0.118. The Kier molecular flexibility index (Phi) is 3.32. The van der Waals surface area contributed by atoms with Crippen molar-refractivity contribution in [3.63, 3.8) is 0 Å². The molecule has 0 saturated heterocycles. The maximum absolute atomic E-state index is 6.03. The van der Waals surface area contributed by atoms with Crippen LogP contribution in [0.15, 0.2) is 29.3 Å². The largest absolute Gasteiger partial charge is 0.493 e. The molecule has 0 aromatic heterocycles. The number of benzene rings is 1. The fourth-order valence-corrected chi connectivity index (χ4v) is 2.73. The van der Waals surface area contributed by atoms with E-state index in [0.717, 1.165) is 17.7 Å². The summed E-state index contributed by atoms with van der Waals surface area (Å²) in [6.45, 7) is 2.95. The molecule has 3 N–H and O–H groups in total. The fraction of sp³-hybridized carbons (Fsp3) is 0.533. The molecular weight excluding hydrogens is 238 g/mol. The van der Waals surface area contributed by atoms with Crippen LogP contribution < -0.4 is 15.8 Å². The van der Waals surface area contributed by atoms with Gasteiger partial charge in [-0.05, 0) is 24.8 Å². The Hall–Kier alpha value is -1.71. The molecular formula is C15H21N3O. The van der Waals surface area contributed by atoms with E-state index < -0.39 is 0 Å². The second kappa shape index (κ2) is 5.11. The van der Waals surface area contributed by atoms with E-state index in [9.17, 15) is 0 Å². The van der Waals surface area contributed by atoms with Crippen molar-refractivity contribution in [2.75, 3.05) is 6.61 Å². The van der Waals surface area contributed by atoms with Gasteiger partial charge in [-0.25, -0.2) is 4.99 Å². The lowest BCUT2D eigenvalue weighted by Crippen LogP contribution is -2.48. The van der Waals surface area contributed by atoms with Crippen LogP contribution in [-0.4, -0.2) is 18.6 Å². The lowest BCUT2D eigenvalue weighted by Gasteiger charge is -2.35. The van der Waals surface area contributed by atoms with Gasteiger partial charge in [-0.2, -0.15) is 0 Å². The van der Waals surface area contributed by atoms with Crippen LogP contribution in [0.3, 0.4) is 0 Å². The summed E-state index contributed by atoms with van der Waals surface area (Å²) >= 11 is 0. The molecule has 3 unspecified atom stereocenters. The summed E-state index contributed by atoms with van der Waals surface area (Å²) < 4.78 is 5.64. The SMILES string of the molecule is CC1CCC1NC(N)=NC1CCOc2ccccc21. The number of nitrogens with zero attached hydrogens (tertiary/aromatic N) is 1. The third-order valence-corrected chi connectivity index (χ3v) is 4.17. The number of guanidine groups is 1. The first kappa shape index (κ1) is 12.3. The number of ether oxygens (including phenoxy) is 1. The minimum absolute atomic E-state index is 0.118. The molecule has 0 radical (unpaired) electrons. The lowest BCUT2D eigenvalue weighted by molar-refractivity contribution is 0.254. The average molecular weight is 259 g/mol. The quantitative estimate of drug-likeness (QED) is 0.632. The van der Waals surface area contributed by atoms with E-state index in [4.69, 9.17) is 10.5 Å². The number of nitrogens with one attached hydrogen (secondary N) is 1. The van der Waals surface area contributed by atoms with Crippen molar-refractivity contribution in [3.8, 4) is 5.75 Å². The van der Waals surface area contributed by atoms with E-state index in [1.165, 1.54) is 12.8 Å². The summed E-state index contributed by atoms with van der Waals surface area (Å²) in [6, 6.07) is 8.69. The monoisotopic (exact) mass is 259 g/mol. The number of aliphatic imine (C=N–C) groups is 1. The fourth-order valence-electron chi connectivity index (χ4n) is 2.73. The number of hydrogen-bond acceptors (Lipinski definition) is 2. The van der Waals surface area contributed by atoms with Gasteiger partial charge in [-0.3, -0.25) is 0 Å². The molecule has 0 amide bonds. The van der Waals surface area contributed by atoms with Gasteiger partial charge >= 0.3 is 0 Å². The number of hydrogen-bond donors (Lipinski definition) is 2. The highest BCUT2D eigenvalue weighted by Crippen LogP contribution is 2.34. The second-order valence-electron chi connectivity index (χ2n) is 5.51. The molecule has 19 heavy (non-hydrogen) atoms. The molecule has 2 aliphatic rings. The molecule has 1 heterocycles. The number of rotatable bonds is 2. The van der Waals surface area contributed by atoms with Gasteiger partial charge < -0.3 is 15.8 Å². The summed E-state index contributed by atoms with van der Waals surface area (Å²) in [5.41, 5.74) is 7.17. The first-order valence-electron chi connectivity index (χ1n) is 7.05. The smallest absolute Gasteiger partial charge is 0.189 e. The van der Waals surface area contributed by atoms with Gasteiger partial charge in [-0.15, -0.1) is 0 Å². The molecule has 1 aromatic carbocycles. The molecule has 1 aliphatic carbocycles. The van der Waals surface area contributed by atoms with E-state index >= 15 is 0 Å². The standard InChI is InChI=1S/C15H21N3O/c1-10-6-7-12(10)17-15(16)18-13-8-9-19-14-5-3-2-4-11(13)14/h2-5,10,12-13H,6-9H2,1H3,(H3,16,17,18). The first-order valence-corrected chi connectivity index (χ1v) is 7.05. The van der Waals surface area contributed by atoms with Gasteiger partial charge in [0, 0.05) is 18.0 Å². The van der Waals surface area contributed by atoms with Crippen LogP contribution >= 0.6 is 0 Å². The molecule has 1 fully saturated rings. The van der Waals surface area contributed by atoms with Crippen LogP contribution in [0.4, 0.5) is 0 Å². The first-order chi connectivity index (χ1) is 9.24. The Labute approximate surface area is 114 Å². The van der Waals surface area contributed by atoms with Crippen molar-refractivity contribution in [3.05, 3.63) is 29.8 Å². The molecule has 3 rings (SSSR count). The van der Waals surface area contributed by atoms with Crippen LogP contribution in [0.5, 0.6) is 5.75 Å². The molecule has 4 heteroatoms. The topological polar surface area (TPSA) is 59.6 Å². The summed E-state index contributed by atoms with van der Waals surface area (Å²) in [7, 11) is 0. The van der Waals surface area contributed by atoms with Gasteiger partial charge in [0.25, 0.3) is 0 Å². The Morgan fingerprint density at radius 2 is 2.16 bits per heavy atom. The zero-order valence-electron chi connectivity index (χ0n) is 11.3. The van der Waals surface area contributed by atoms with Crippen LogP contribution in [-0.2, 0) is 0 Å². The zero-order valence-corrected chi connectivity index (χ0v) is 11.3. The highest BCUT2D eigenvalue weighted by Gasteiger charge is 2.27. The van der Waals surface area contributed by atoms with Crippen LogP contribution in [0.1, 0.15) is 37.8 Å². The Bertz CT molecular complexity index is 486. The average Bonchev–Trinajstić information content (AvgIpc) is 2.44. The predicted octanol–water partition coefficient (Wildman–Crippen LogP) is 2.21. The maximum Gasteiger partial charge on any atom is 0.189 e. The highest BCUT2D eigenvalue weighted by molar-refractivity contribution is 5.78.